The van der Waals surface area contributed by atoms with E-state index in [2.05, 4.69) is 15.3 Å². The molecule has 0 radical (unpaired) electrons. The number of nitrogens with zero attached hydrogens (tertiary/aromatic N) is 2. The molecule has 6 heteroatoms. The molecular weight excluding hydrogens is 254 g/mol. The van der Waals surface area contributed by atoms with Crippen molar-refractivity contribution >= 4 is 17.4 Å². The van der Waals surface area contributed by atoms with Gasteiger partial charge >= 0.3 is 0 Å². The number of halogens is 1. The molecule has 0 fully saturated rings. The minimum Gasteiger partial charge on any atom is -0.490 e. The number of nitrogens with one attached hydrogen (secondary N) is 1. The van der Waals surface area contributed by atoms with Crippen molar-refractivity contribution in [3.8, 4) is 5.75 Å². The van der Waals surface area contributed by atoms with E-state index in [9.17, 15) is 0 Å². The fourth-order valence-corrected chi connectivity index (χ4v) is 1.81. The lowest BCUT2D eigenvalue weighted by Crippen LogP contribution is -2.09. The Morgan fingerprint density at radius 3 is 2.78 bits per heavy atom. The van der Waals surface area contributed by atoms with Gasteiger partial charge in [-0.3, -0.25) is 0 Å². The van der Waals surface area contributed by atoms with Gasteiger partial charge in [-0.2, -0.15) is 0 Å². The summed E-state index contributed by atoms with van der Waals surface area (Å²) in [5.74, 6) is 2.66. The smallest absolute Gasteiger partial charge is 0.198 e. The summed E-state index contributed by atoms with van der Waals surface area (Å²) in [4.78, 5) is 7.97. The topological polar surface area (TPSA) is 60.2 Å². The molecule has 18 heavy (non-hydrogen) atoms. The van der Waals surface area contributed by atoms with Gasteiger partial charge in [0.05, 0.1) is 13.2 Å². The number of anilines is 1. The molecule has 0 spiro atoms. The standard InChI is InChI=1S/C12H14ClN3O2/c1-7-4-5-9(18-7)8(2)16-12-10(17-3)11(13)14-6-15-12/h4-6,8H,1-3H3,(H,14,15,16). The highest BCUT2D eigenvalue weighted by molar-refractivity contribution is 6.31. The minimum atomic E-state index is -0.0430. The lowest BCUT2D eigenvalue weighted by atomic mass is 10.2. The van der Waals surface area contributed by atoms with Crippen molar-refractivity contribution in [3.63, 3.8) is 0 Å². The third kappa shape index (κ3) is 2.56. The summed E-state index contributed by atoms with van der Waals surface area (Å²) >= 11 is 5.92. The van der Waals surface area contributed by atoms with Crippen molar-refractivity contribution in [1.82, 2.24) is 9.97 Å². The van der Waals surface area contributed by atoms with Crippen molar-refractivity contribution < 1.29 is 9.15 Å². The van der Waals surface area contributed by atoms with E-state index in [0.29, 0.717) is 11.6 Å². The van der Waals surface area contributed by atoms with E-state index in [1.165, 1.54) is 13.4 Å². The first-order chi connectivity index (χ1) is 8.61. The Bertz CT molecular complexity index is 542. The molecule has 2 rings (SSSR count). The largest absolute Gasteiger partial charge is 0.490 e. The Labute approximate surface area is 110 Å². The zero-order chi connectivity index (χ0) is 13.1. The van der Waals surface area contributed by atoms with E-state index in [-0.39, 0.29) is 11.2 Å². The van der Waals surface area contributed by atoms with Crippen LogP contribution >= 0.6 is 11.6 Å². The highest BCUT2D eigenvalue weighted by Crippen LogP contribution is 2.31. The third-order valence-electron chi connectivity index (χ3n) is 2.51. The van der Waals surface area contributed by atoms with Crippen molar-refractivity contribution in [1.29, 1.82) is 0 Å². The Morgan fingerprint density at radius 1 is 1.39 bits per heavy atom. The zero-order valence-corrected chi connectivity index (χ0v) is 11.2. The second kappa shape index (κ2) is 5.27. The van der Waals surface area contributed by atoms with Crippen LogP contribution in [0.3, 0.4) is 0 Å². The molecule has 96 valence electrons. The van der Waals surface area contributed by atoms with Gasteiger partial charge in [0, 0.05) is 0 Å². The molecule has 1 unspecified atom stereocenters. The number of rotatable bonds is 4. The normalized spacial score (nSPS) is 12.2. The van der Waals surface area contributed by atoms with Gasteiger partial charge in [0.1, 0.15) is 17.8 Å². The summed E-state index contributed by atoms with van der Waals surface area (Å²) in [6, 6.07) is 3.79. The monoisotopic (exact) mass is 267 g/mol. The van der Waals surface area contributed by atoms with E-state index in [4.69, 9.17) is 20.8 Å². The van der Waals surface area contributed by atoms with Gasteiger partial charge in [-0.1, -0.05) is 11.6 Å². The number of hydrogen-bond donors (Lipinski definition) is 1. The molecule has 0 saturated heterocycles. The highest BCUT2D eigenvalue weighted by atomic mass is 35.5. The first-order valence-corrected chi connectivity index (χ1v) is 5.87. The van der Waals surface area contributed by atoms with Gasteiger partial charge in [-0.25, -0.2) is 9.97 Å². The zero-order valence-electron chi connectivity index (χ0n) is 10.4. The molecule has 0 amide bonds. The number of ether oxygens (including phenoxy) is 1. The van der Waals surface area contributed by atoms with E-state index in [1.807, 2.05) is 26.0 Å². The fraction of sp³-hybridized carbons (Fsp3) is 0.333. The lowest BCUT2D eigenvalue weighted by molar-refractivity contribution is 0.411. The Kier molecular flexibility index (Phi) is 3.72. The van der Waals surface area contributed by atoms with Crippen LogP contribution in [0, 0.1) is 6.92 Å². The number of furan rings is 1. The van der Waals surface area contributed by atoms with E-state index in [1.54, 1.807) is 0 Å². The molecule has 2 heterocycles. The molecule has 2 aromatic rings. The minimum absolute atomic E-state index is 0.0430. The number of methoxy groups -OCH3 is 1. The number of aromatic nitrogens is 2. The van der Waals surface area contributed by atoms with E-state index < -0.39 is 0 Å². The Morgan fingerprint density at radius 2 is 2.17 bits per heavy atom. The van der Waals surface area contributed by atoms with Crippen LogP contribution in [0.2, 0.25) is 5.15 Å². The lowest BCUT2D eigenvalue weighted by Gasteiger charge is -2.14. The molecule has 1 N–H and O–H groups in total. The van der Waals surface area contributed by atoms with Crippen LogP contribution in [0.4, 0.5) is 5.82 Å². The van der Waals surface area contributed by atoms with Crippen LogP contribution in [-0.2, 0) is 0 Å². The molecule has 1 atom stereocenters. The summed E-state index contributed by atoms with van der Waals surface area (Å²) in [6.45, 7) is 3.87. The molecule has 0 saturated carbocycles. The van der Waals surface area contributed by atoms with Crippen LogP contribution < -0.4 is 10.1 Å². The SMILES string of the molecule is COc1c(Cl)ncnc1NC(C)c1ccc(C)o1. The van der Waals surface area contributed by atoms with Gasteiger partial charge < -0.3 is 14.5 Å². The van der Waals surface area contributed by atoms with Gasteiger partial charge in [-0.05, 0) is 26.0 Å². The second-order valence-electron chi connectivity index (χ2n) is 3.86. The molecule has 0 aromatic carbocycles. The molecule has 0 aliphatic carbocycles. The Hall–Kier alpha value is -1.75. The molecule has 0 aliphatic heterocycles. The quantitative estimate of drug-likeness (QED) is 0.862. The van der Waals surface area contributed by atoms with Crippen molar-refractivity contribution in [2.75, 3.05) is 12.4 Å². The van der Waals surface area contributed by atoms with Crippen molar-refractivity contribution in [2.45, 2.75) is 19.9 Å². The maximum Gasteiger partial charge on any atom is 0.198 e. The predicted molar refractivity (Wildman–Crippen MR) is 69.1 cm³/mol. The van der Waals surface area contributed by atoms with Crippen molar-refractivity contribution in [3.05, 3.63) is 35.1 Å². The number of aryl methyl sites for hydroxylation is 1. The summed E-state index contributed by atoms with van der Waals surface area (Å²) in [5.41, 5.74) is 0. The van der Waals surface area contributed by atoms with Crippen molar-refractivity contribution in [2.24, 2.45) is 0 Å². The third-order valence-corrected chi connectivity index (χ3v) is 2.77. The van der Waals surface area contributed by atoms with Gasteiger partial charge in [0.2, 0.25) is 0 Å². The van der Waals surface area contributed by atoms with Crippen LogP contribution in [0.5, 0.6) is 5.75 Å². The van der Waals surface area contributed by atoms with E-state index >= 15 is 0 Å². The summed E-state index contributed by atoms with van der Waals surface area (Å²) in [5, 5.41) is 3.45. The van der Waals surface area contributed by atoms with Crippen LogP contribution in [0.1, 0.15) is 24.5 Å². The molecule has 2 aromatic heterocycles. The fourth-order valence-electron chi connectivity index (χ4n) is 1.60. The first kappa shape index (κ1) is 12.7. The first-order valence-electron chi connectivity index (χ1n) is 5.49. The number of hydrogen-bond acceptors (Lipinski definition) is 5. The van der Waals surface area contributed by atoms with Gasteiger partial charge in [0.15, 0.2) is 16.7 Å². The van der Waals surface area contributed by atoms with Crippen LogP contribution in [-0.4, -0.2) is 17.1 Å². The average molecular weight is 268 g/mol. The van der Waals surface area contributed by atoms with E-state index in [0.717, 1.165) is 11.5 Å². The summed E-state index contributed by atoms with van der Waals surface area (Å²) < 4.78 is 10.7. The summed E-state index contributed by atoms with van der Waals surface area (Å²) in [7, 11) is 1.53. The van der Waals surface area contributed by atoms with Crippen LogP contribution in [0.25, 0.3) is 0 Å². The molecule has 0 aliphatic rings. The Balaban J connectivity index is 2.21. The van der Waals surface area contributed by atoms with Gasteiger partial charge in [0.25, 0.3) is 0 Å². The molecular formula is C12H14ClN3O2. The van der Waals surface area contributed by atoms with Gasteiger partial charge in [-0.15, -0.1) is 0 Å². The van der Waals surface area contributed by atoms with Crippen LogP contribution in [0.15, 0.2) is 22.9 Å². The summed E-state index contributed by atoms with van der Waals surface area (Å²) in [6.07, 6.45) is 1.38. The highest BCUT2D eigenvalue weighted by Gasteiger charge is 2.15. The maximum atomic E-state index is 5.92. The average Bonchev–Trinajstić information content (AvgIpc) is 2.76. The predicted octanol–water partition coefficient (Wildman–Crippen LogP) is 3.21. The molecule has 0 bridgehead atoms. The maximum absolute atomic E-state index is 5.92. The molecule has 5 nitrogen and oxygen atoms in total. The second-order valence-corrected chi connectivity index (χ2v) is 4.22.